The van der Waals surface area contributed by atoms with E-state index in [2.05, 4.69) is 36.8 Å². The average Bonchev–Trinajstić information content (AvgIpc) is 3.17. The molecule has 0 radical (unpaired) electrons. The van der Waals surface area contributed by atoms with Gasteiger partial charge >= 0.3 is 0 Å². The lowest BCUT2D eigenvalue weighted by atomic mass is 10.2. The number of rotatable bonds is 8. The number of benzene rings is 2. The van der Waals surface area contributed by atoms with Crippen LogP contribution in [0.4, 0.5) is 10.1 Å². The summed E-state index contributed by atoms with van der Waals surface area (Å²) in [5, 5.41) is 14.6. The Morgan fingerprint density at radius 3 is 2.55 bits per heavy atom. The van der Waals surface area contributed by atoms with Crippen LogP contribution in [0.25, 0.3) is 0 Å². The first-order chi connectivity index (χ1) is 14.9. The number of carbonyl (C=O) groups is 2. The molecule has 0 fully saturated rings. The Morgan fingerprint density at radius 2 is 1.87 bits per heavy atom. The van der Waals surface area contributed by atoms with Gasteiger partial charge in [0.15, 0.2) is 11.0 Å². The van der Waals surface area contributed by atoms with Crippen molar-refractivity contribution in [2.45, 2.75) is 31.6 Å². The van der Waals surface area contributed by atoms with E-state index in [0.717, 1.165) is 0 Å². The van der Waals surface area contributed by atoms with Crippen molar-refractivity contribution in [1.82, 2.24) is 20.1 Å². The lowest BCUT2D eigenvalue weighted by Gasteiger charge is -2.15. The highest BCUT2D eigenvalue weighted by atomic mass is 79.9. The van der Waals surface area contributed by atoms with Gasteiger partial charge in [0.1, 0.15) is 5.82 Å². The normalized spacial score (nSPS) is 11.7. The molecule has 2 aromatic carbocycles. The zero-order chi connectivity index (χ0) is 22.4. The predicted octanol–water partition coefficient (Wildman–Crippen LogP) is 4.42. The SMILES string of the molecule is CCn1c(SCC(=O)Nc2ccc(F)cc2)nnc1[C@H](C)NC(=O)c1ccccc1Br. The molecule has 10 heteroatoms. The number of thioether (sulfide) groups is 1. The second-order valence-electron chi connectivity index (χ2n) is 6.60. The quantitative estimate of drug-likeness (QED) is 0.442. The third kappa shape index (κ3) is 5.92. The zero-order valence-corrected chi connectivity index (χ0v) is 19.3. The number of carbonyl (C=O) groups excluding carboxylic acids is 2. The number of aromatic nitrogens is 3. The smallest absolute Gasteiger partial charge is 0.253 e. The van der Waals surface area contributed by atoms with Crippen molar-refractivity contribution in [3.63, 3.8) is 0 Å². The minimum atomic E-state index is -0.380. The molecule has 2 N–H and O–H groups in total. The maximum absolute atomic E-state index is 13.0. The standard InChI is InChI=1S/C21H21BrFN5O2S/c1-3-28-19(13(2)24-20(30)16-6-4-5-7-17(16)22)26-27-21(28)31-12-18(29)25-15-10-8-14(23)9-11-15/h4-11,13H,3,12H2,1-2H3,(H,24,30)(H,25,29)/t13-/m0/s1. The molecule has 3 aromatic rings. The van der Waals surface area contributed by atoms with Crippen molar-refractivity contribution in [2.24, 2.45) is 0 Å². The zero-order valence-electron chi connectivity index (χ0n) is 16.9. The number of nitrogens with one attached hydrogen (secondary N) is 2. The van der Waals surface area contributed by atoms with Gasteiger partial charge in [-0.1, -0.05) is 23.9 Å². The Morgan fingerprint density at radius 1 is 1.16 bits per heavy atom. The average molecular weight is 506 g/mol. The van der Waals surface area contributed by atoms with Crippen molar-refractivity contribution in [2.75, 3.05) is 11.1 Å². The minimum absolute atomic E-state index is 0.118. The highest BCUT2D eigenvalue weighted by molar-refractivity contribution is 9.10. The molecule has 31 heavy (non-hydrogen) atoms. The molecule has 1 aromatic heterocycles. The van der Waals surface area contributed by atoms with Crippen LogP contribution in [0.1, 0.15) is 36.1 Å². The Hall–Kier alpha value is -2.72. The topological polar surface area (TPSA) is 88.9 Å². The summed E-state index contributed by atoms with van der Waals surface area (Å²) in [6, 6.07) is 12.4. The molecule has 162 valence electrons. The molecule has 0 bridgehead atoms. The van der Waals surface area contributed by atoms with Crippen LogP contribution in [-0.2, 0) is 11.3 Å². The van der Waals surface area contributed by atoms with Gasteiger partial charge < -0.3 is 15.2 Å². The molecule has 2 amide bonds. The van der Waals surface area contributed by atoms with E-state index < -0.39 is 0 Å². The maximum Gasteiger partial charge on any atom is 0.253 e. The van der Waals surface area contributed by atoms with Crippen molar-refractivity contribution in [3.8, 4) is 0 Å². The van der Waals surface area contributed by atoms with E-state index in [0.29, 0.717) is 33.2 Å². The Bertz CT molecular complexity index is 1070. The van der Waals surface area contributed by atoms with E-state index >= 15 is 0 Å². The molecule has 0 aliphatic carbocycles. The Balaban J connectivity index is 1.63. The molecule has 0 unspecified atom stereocenters. The second-order valence-corrected chi connectivity index (χ2v) is 8.40. The van der Waals surface area contributed by atoms with Crippen molar-refractivity contribution in [1.29, 1.82) is 0 Å². The highest BCUT2D eigenvalue weighted by Crippen LogP contribution is 2.22. The summed E-state index contributed by atoms with van der Waals surface area (Å²) in [4.78, 5) is 24.8. The monoisotopic (exact) mass is 505 g/mol. The van der Waals surface area contributed by atoms with Crippen LogP contribution in [0, 0.1) is 5.82 Å². The van der Waals surface area contributed by atoms with Gasteiger partial charge in [-0.25, -0.2) is 4.39 Å². The summed E-state index contributed by atoms with van der Waals surface area (Å²) in [5.41, 5.74) is 1.05. The van der Waals surface area contributed by atoms with E-state index in [4.69, 9.17) is 0 Å². The molecule has 3 rings (SSSR count). The minimum Gasteiger partial charge on any atom is -0.342 e. The summed E-state index contributed by atoms with van der Waals surface area (Å²) in [5.74, 6) is -0.105. The molecule has 0 aliphatic rings. The van der Waals surface area contributed by atoms with Gasteiger partial charge in [-0.05, 0) is 66.2 Å². The number of hydrogen-bond acceptors (Lipinski definition) is 5. The van der Waals surface area contributed by atoms with Crippen LogP contribution >= 0.6 is 27.7 Å². The van der Waals surface area contributed by atoms with Crippen molar-refractivity contribution >= 4 is 45.2 Å². The van der Waals surface area contributed by atoms with Gasteiger partial charge in [0.25, 0.3) is 5.91 Å². The van der Waals surface area contributed by atoms with Gasteiger partial charge in [-0.15, -0.1) is 10.2 Å². The summed E-state index contributed by atoms with van der Waals surface area (Å²) in [6.07, 6.45) is 0. The Labute approximate surface area is 192 Å². The summed E-state index contributed by atoms with van der Waals surface area (Å²) >= 11 is 4.62. The number of anilines is 1. The van der Waals surface area contributed by atoms with Crippen LogP contribution < -0.4 is 10.6 Å². The first kappa shape index (κ1) is 23.0. The fourth-order valence-electron chi connectivity index (χ4n) is 2.87. The van der Waals surface area contributed by atoms with Crippen LogP contribution in [0.2, 0.25) is 0 Å². The molecule has 0 spiro atoms. The van der Waals surface area contributed by atoms with Crippen molar-refractivity contribution in [3.05, 3.63) is 70.2 Å². The second kappa shape index (κ2) is 10.5. The van der Waals surface area contributed by atoms with E-state index in [1.807, 2.05) is 24.5 Å². The largest absolute Gasteiger partial charge is 0.342 e. The highest BCUT2D eigenvalue weighted by Gasteiger charge is 2.21. The predicted molar refractivity (Wildman–Crippen MR) is 121 cm³/mol. The number of amides is 2. The van der Waals surface area contributed by atoms with Gasteiger partial charge in [0.2, 0.25) is 5.91 Å². The first-order valence-electron chi connectivity index (χ1n) is 9.55. The lowest BCUT2D eigenvalue weighted by molar-refractivity contribution is -0.113. The Kier molecular flexibility index (Phi) is 7.80. The van der Waals surface area contributed by atoms with Gasteiger partial charge in [-0.2, -0.15) is 0 Å². The lowest BCUT2D eigenvalue weighted by Crippen LogP contribution is -2.29. The summed E-state index contributed by atoms with van der Waals surface area (Å²) in [6.45, 7) is 4.36. The molecule has 7 nitrogen and oxygen atoms in total. The fraction of sp³-hybridized carbons (Fsp3) is 0.238. The maximum atomic E-state index is 13.0. The summed E-state index contributed by atoms with van der Waals surface area (Å²) in [7, 11) is 0. The molecule has 1 atom stereocenters. The third-order valence-electron chi connectivity index (χ3n) is 4.38. The van der Waals surface area contributed by atoms with E-state index in [1.54, 1.807) is 18.2 Å². The van der Waals surface area contributed by atoms with Gasteiger partial charge in [0, 0.05) is 16.7 Å². The fourth-order valence-corrected chi connectivity index (χ4v) is 4.14. The molecule has 1 heterocycles. The van der Waals surface area contributed by atoms with Crippen LogP contribution in [0.5, 0.6) is 0 Å². The van der Waals surface area contributed by atoms with Gasteiger partial charge in [-0.3, -0.25) is 9.59 Å². The van der Waals surface area contributed by atoms with Crippen LogP contribution in [0.15, 0.2) is 58.2 Å². The molecular weight excluding hydrogens is 485 g/mol. The molecule has 0 aliphatic heterocycles. The van der Waals surface area contributed by atoms with Crippen LogP contribution in [0.3, 0.4) is 0 Å². The number of hydrogen-bond donors (Lipinski definition) is 2. The molecular formula is C21H21BrFN5O2S. The van der Waals surface area contributed by atoms with Crippen molar-refractivity contribution < 1.29 is 14.0 Å². The van der Waals surface area contributed by atoms with Crippen LogP contribution in [-0.4, -0.2) is 32.3 Å². The van der Waals surface area contributed by atoms with Gasteiger partial charge in [0.05, 0.1) is 17.4 Å². The molecule has 0 saturated carbocycles. The van der Waals surface area contributed by atoms with E-state index in [-0.39, 0.29) is 29.4 Å². The summed E-state index contributed by atoms with van der Waals surface area (Å²) < 4.78 is 15.5. The number of halogens is 2. The number of nitrogens with zero attached hydrogens (tertiary/aromatic N) is 3. The first-order valence-corrected chi connectivity index (χ1v) is 11.3. The third-order valence-corrected chi connectivity index (χ3v) is 6.03. The van der Waals surface area contributed by atoms with E-state index in [1.165, 1.54) is 36.0 Å². The molecule has 0 saturated heterocycles. The van der Waals surface area contributed by atoms with E-state index in [9.17, 15) is 14.0 Å².